The summed E-state index contributed by atoms with van der Waals surface area (Å²) in [6.45, 7) is 18.3. The van der Waals surface area contributed by atoms with Crippen molar-refractivity contribution in [2.45, 2.75) is 130 Å². The van der Waals surface area contributed by atoms with E-state index in [4.69, 9.17) is 23.7 Å². The molecule has 13 nitrogen and oxygen atoms in total. The molecular weight excluding hydrogens is 612 g/mol. The SMILES string of the molecule is COC(=O)/C(=C/C[C@@H]1[C@H](C)C[C@@H](C(=O)OC)N1C(=O)OC(C)(C)C)C(C)C.COC(=O)[C@@H]1C[C@@H](C)[C@@H](CC=O)N1C(=O)OC(C)(C)C. The molecule has 0 spiro atoms. The normalized spacial score (nSPS) is 24.6. The number of likely N-dealkylation sites (tertiary alicyclic amines) is 2. The number of rotatable bonds is 8. The third-order valence-electron chi connectivity index (χ3n) is 8.01. The molecule has 0 aromatic carbocycles. The number of carbonyl (C=O) groups excluding carboxylic acids is 6. The Hall–Kier alpha value is -3.64. The van der Waals surface area contributed by atoms with Crippen LogP contribution in [0.15, 0.2) is 11.6 Å². The van der Waals surface area contributed by atoms with E-state index in [1.165, 1.54) is 31.1 Å². The number of ether oxygens (including phenoxy) is 5. The summed E-state index contributed by atoms with van der Waals surface area (Å²) in [6, 6.07) is -1.98. The quantitative estimate of drug-likeness (QED) is 0.147. The molecule has 2 amide bonds. The maximum Gasteiger partial charge on any atom is 0.411 e. The van der Waals surface area contributed by atoms with Crippen LogP contribution in [0.3, 0.4) is 0 Å². The van der Waals surface area contributed by atoms with Crippen molar-refractivity contribution >= 4 is 36.4 Å². The molecule has 2 rings (SSSR count). The van der Waals surface area contributed by atoms with E-state index in [2.05, 4.69) is 0 Å². The first-order valence-corrected chi connectivity index (χ1v) is 16.0. The number of hydrogen-bond donors (Lipinski definition) is 0. The lowest BCUT2D eigenvalue weighted by molar-refractivity contribution is -0.146. The smallest absolute Gasteiger partial charge is 0.411 e. The van der Waals surface area contributed by atoms with Crippen LogP contribution in [-0.2, 0) is 42.9 Å². The number of hydrogen-bond acceptors (Lipinski definition) is 11. The van der Waals surface area contributed by atoms with Gasteiger partial charge in [-0.3, -0.25) is 9.80 Å². The average molecular weight is 669 g/mol. The summed E-state index contributed by atoms with van der Waals surface area (Å²) in [6.07, 6.45) is 3.01. The Balaban J connectivity index is 0.000000491. The molecule has 0 N–H and O–H groups in total. The zero-order valence-electron chi connectivity index (χ0n) is 30.4. The Bertz CT molecular complexity index is 1150. The van der Waals surface area contributed by atoms with E-state index in [-0.39, 0.29) is 42.2 Å². The van der Waals surface area contributed by atoms with E-state index in [1.807, 2.05) is 27.7 Å². The molecule has 2 fully saturated rings. The van der Waals surface area contributed by atoms with Crippen molar-refractivity contribution in [3.63, 3.8) is 0 Å². The van der Waals surface area contributed by atoms with Gasteiger partial charge in [-0.2, -0.15) is 0 Å². The molecule has 2 saturated heterocycles. The van der Waals surface area contributed by atoms with Crippen molar-refractivity contribution in [3.05, 3.63) is 11.6 Å². The zero-order chi connectivity index (χ0) is 36.4. The number of carbonyl (C=O) groups is 6. The van der Waals surface area contributed by atoms with Crippen molar-refractivity contribution in [2.24, 2.45) is 17.8 Å². The van der Waals surface area contributed by atoms with E-state index < -0.39 is 47.4 Å². The van der Waals surface area contributed by atoms with Crippen molar-refractivity contribution in [2.75, 3.05) is 21.3 Å². The number of methoxy groups -OCH3 is 3. The van der Waals surface area contributed by atoms with Gasteiger partial charge in [0.05, 0.1) is 21.3 Å². The molecule has 268 valence electrons. The van der Waals surface area contributed by atoms with Gasteiger partial charge in [0.15, 0.2) is 0 Å². The molecular formula is C34H56N2O11. The highest BCUT2D eigenvalue weighted by Gasteiger charge is 2.48. The lowest BCUT2D eigenvalue weighted by Gasteiger charge is -2.32. The van der Waals surface area contributed by atoms with Gasteiger partial charge in [0.25, 0.3) is 0 Å². The molecule has 0 aromatic rings. The minimum absolute atomic E-state index is 0.0134. The molecule has 13 heteroatoms. The molecule has 0 radical (unpaired) electrons. The lowest BCUT2D eigenvalue weighted by atomic mass is 9.95. The van der Waals surface area contributed by atoms with Crippen molar-refractivity contribution in [1.29, 1.82) is 0 Å². The van der Waals surface area contributed by atoms with Crippen LogP contribution in [0.1, 0.15) is 94.9 Å². The second kappa shape index (κ2) is 17.5. The highest BCUT2D eigenvalue weighted by atomic mass is 16.6. The van der Waals surface area contributed by atoms with Gasteiger partial charge in [0.1, 0.15) is 29.6 Å². The maximum absolute atomic E-state index is 12.8. The van der Waals surface area contributed by atoms with Gasteiger partial charge in [-0.15, -0.1) is 0 Å². The first-order valence-electron chi connectivity index (χ1n) is 16.0. The first-order chi connectivity index (χ1) is 21.6. The van der Waals surface area contributed by atoms with E-state index >= 15 is 0 Å². The first kappa shape index (κ1) is 41.4. The number of amides is 2. The largest absolute Gasteiger partial charge is 0.467 e. The summed E-state index contributed by atoms with van der Waals surface area (Å²) >= 11 is 0. The number of nitrogens with zero attached hydrogens (tertiary/aromatic N) is 2. The fourth-order valence-corrected chi connectivity index (χ4v) is 5.81. The Kier molecular flexibility index (Phi) is 15.4. The van der Waals surface area contributed by atoms with Crippen molar-refractivity contribution in [1.82, 2.24) is 9.80 Å². The fourth-order valence-electron chi connectivity index (χ4n) is 5.81. The molecule has 47 heavy (non-hydrogen) atoms. The van der Waals surface area contributed by atoms with Gasteiger partial charge in [-0.25, -0.2) is 24.0 Å². The summed E-state index contributed by atoms with van der Waals surface area (Å²) in [5.74, 6) is -1.25. The predicted octanol–water partition coefficient (Wildman–Crippen LogP) is 5.08. The second-order valence-electron chi connectivity index (χ2n) is 14.4. The Morgan fingerprint density at radius 3 is 1.38 bits per heavy atom. The number of aldehydes is 1. The van der Waals surface area contributed by atoms with E-state index in [0.717, 1.165) is 6.29 Å². The Morgan fingerprint density at radius 2 is 1.09 bits per heavy atom. The third-order valence-corrected chi connectivity index (χ3v) is 8.01. The van der Waals surface area contributed by atoms with Crippen LogP contribution in [0.4, 0.5) is 9.59 Å². The van der Waals surface area contributed by atoms with Crippen LogP contribution in [-0.4, -0.2) is 103 Å². The van der Waals surface area contributed by atoms with Crippen LogP contribution in [0.2, 0.25) is 0 Å². The fraction of sp³-hybridized carbons (Fsp3) is 0.765. The highest BCUT2D eigenvalue weighted by Crippen LogP contribution is 2.35. The minimum Gasteiger partial charge on any atom is -0.467 e. The molecule has 2 aliphatic heterocycles. The standard InChI is InChI=1S/C20H33NO6.C14H23NO5/c1-12(2)14(17(22)25-7)9-10-15-13(3)11-16(18(23)26-8)21(15)19(24)27-20(4,5)6;1-9-8-11(12(17)19-5)15(10(9)6-7-16)13(18)20-14(2,3)4/h9,12-13,15-16H,10-11H2,1-8H3;7,9-11H,6,8H2,1-5H3/b14-9+;/t13-,15-,16+;9-,10-,11+/m11/s1. The molecule has 0 aromatic heterocycles. The van der Waals surface area contributed by atoms with Gasteiger partial charge in [-0.1, -0.05) is 33.8 Å². The van der Waals surface area contributed by atoms with Crippen LogP contribution >= 0.6 is 0 Å². The minimum atomic E-state index is -0.695. The monoisotopic (exact) mass is 668 g/mol. The molecule has 0 saturated carbocycles. The van der Waals surface area contributed by atoms with Crippen LogP contribution < -0.4 is 0 Å². The summed E-state index contributed by atoms with van der Waals surface area (Å²) in [7, 11) is 3.94. The Morgan fingerprint density at radius 1 is 0.702 bits per heavy atom. The van der Waals surface area contributed by atoms with Crippen molar-refractivity contribution < 1.29 is 52.5 Å². The molecule has 0 aliphatic carbocycles. The van der Waals surface area contributed by atoms with Gasteiger partial charge < -0.3 is 28.5 Å². The molecule has 2 heterocycles. The molecule has 6 atom stereocenters. The zero-order valence-corrected chi connectivity index (χ0v) is 30.4. The van der Waals surface area contributed by atoms with E-state index in [9.17, 15) is 28.8 Å². The Labute approximate surface area is 279 Å². The highest BCUT2D eigenvalue weighted by molar-refractivity contribution is 5.89. The van der Waals surface area contributed by atoms with Crippen molar-refractivity contribution in [3.8, 4) is 0 Å². The van der Waals surface area contributed by atoms with Gasteiger partial charge in [0, 0.05) is 24.1 Å². The second-order valence-corrected chi connectivity index (χ2v) is 14.4. The summed E-state index contributed by atoms with van der Waals surface area (Å²) in [4.78, 5) is 74.8. The van der Waals surface area contributed by atoms with Crippen LogP contribution in [0.5, 0.6) is 0 Å². The summed E-state index contributed by atoms with van der Waals surface area (Å²) in [5, 5.41) is 0. The lowest BCUT2D eigenvalue weighted by Crippen LogP contribution is -2.48. The maximum atomic E-state index is 12.8. The average Bonchev–Trinajstić information content (AvgIpc) is 3.46. The molecule has 0 bridgehead atoms. The summed E-state index contributed by atoms with van der Waals surface area (Å²) in [5.41, 5.74) is -0.788. The third kappa shape index (κ3) is 11.8. The number of esters is 3. The van der Waals surface area contributed by atoms with Crippen LogP contribution in [0.25, 0.3) is 0 Å². The molecule has 2 aliphatic rings. The summed E-state index contributed by atoms with van der Waals surface area (Å²) < 4.78 is 25.3. The van der Waals surface area contributed by atoms with Crippen LogP contribution in [0, 0.1) is 17.8 Å². The van der Waals surface area contributed by atoms with Gasteiger partial charge in [0.2, 0.25) is 0 Å². The van der Waals surface area contributed by atoms with E-state index in [0.29, 0.717) is 24.8 Å². The topological polar surface area (TPSA) is 155 Å². The van der Waals surface area contributed by atoms with Gasteiger partial charge in [-0.05, 0) is 78.6 Å². The van der Waals surface area contributed by atoms with E-state index in [1.54, 1.807) is 47.6 Å². The molecule has 0 unspecified atom stereocenters. The predicted molar refractivity (Wildman–Crippen MR) is 173 cm³/mol. The van der Waals surface area contributed by atoms with Gasteiger partial charge >= 0.3 is 30.1 Å².